The van der Waals surface area contributed by atoms with Crippen molar-refractivity contribution in [3.05, 3.63) is 59.7 Å². The fraction of sp³-hybridized carbons (Fsp3) is 0.409. The summed E-state index contributed by atoms with van der Waals surface area (Å²) in [7, 11) is 1.76. The first kappa shape index (κ1) is 18.9. The summed E-state index contributed by atoms with van der Waals surface area (Å²) in [4.78, 5) is 2.44. The highest BCUT2D eigenvalue weighted by Crippen LogP contribution is 2.28. The molecule has 1 aromatic carbocycles. The molecule has 1 aliphatic rings. The van der Waals surface area contributed by atoms with Crippen LogP contribution in [0.3, 0.4) is 0 Å². The van der Waals surface area contributed by atoms with Crippen molar-refractivity contribution in [2.75, 3.05) is 26.8 Å². The van der Waals surface area contributed by atoms with E-state index in [1.54, 1.807) is 17.9 Å². The third-order valence-corrected chi connectivity index (χ3v) is 5.24. The second kappa shape index (κ2) is 8.29. The maximum Gasteiger partial charge on any atom is 0.154 e. The van der Waals surface area contributed by atoms with Gasteiger partial charge in [-0.2, -0.15) is 5.10 Å². The Labute approximate surface area is 164 Å². The molecular formula is C22H26FN3O2. The molecule has 1 fully saturated rings. The van der Waals surface area contributed by atoms with E-state index in [0.717, 1.165) is 49.0 Å². The molecule has 3 aromatic rings. The van der Waals surface area contributed by atoms with Crippen LogP contribution in [-0.4, -0.2) is 41.5 Å². The van der Waals surface area contributed by atoms with Gasteiger partial charge < -0.3 is 9.15 Å². The van der Waals surface area contributed by atoms with Crippen LogP contribution in [0.1, 0.15) is 24.2 Å². The zero-order valence-electron chi connectivity index (χ0n) is 16.4. The van der Waals surface area contributed by atoms with Crippen LogP contribution in [0.4, 0.5) is 4.39 Å². The van der Waals surface area contributed by atoms with Crippen LogP contribution in [0.5, 0.6) is 0 Å². The standard InChI is InChI=1S/C22H26FN3O2/c1-16-8-9-21(28-16)22-18(13-25-10-4-5-17(12-25)15-27-2)14-26(24-22)20-7-3-6-19(23)11-20/h3,6-9,11,14,17H,4-5,10,12-13,15H2,1-2H3/t17-/m1/s1. The molecule has 0 amide bonds. The molecule has 6 heteroatoms. The number of hydrogen-bond donors (Lipinski definition) is 0. The lowest BCUT2D eigenvalue weighted by atomic mass is 9.98. The largest absolute Gasteiger partial charge is 0.460 e. The predicted octanol–water partition coefficient (Wildman–Crippen LogP) is 4.44. The summed E-state index contributed by atoms with van der Waals surface area (Å²) < 4.78 is 26.6. The molecule has 5 nitrogen and oxygen atoms in total. The predicted molar refractivity (Wildman–Crippen MR) is 106 cm³/mol. The Morgan fingerprint density at radius 1 is 1.29 bits per heavy atom. The molecule has 4 rings (SSSR count). The van der Waals surface area contributed by atoms with Crippen LogP contribution in [0, 0.1) is 18.7 Å². The lowest BCUT2D eigenvalue weighted by Gasteiger charge is -2.32. The first-order valence-electron chi connectivity index (χ1n) is 9.75. The Balaban J connectivity index is 1.64. The molecule has 0 aliphatic carbocycles. The lowest BCUT2D eigenvalue weighted by molar-refractivity contribution is 0.0874. The van der Waals surface area contributed by atoms with Crippen LogP contribution >= 0.6 is 0 Å². The molecule has 28 heavy (non-hydrogen) atoms. The van der Waals surface area contributed by atoms with E-state index in [2.05, 4.69) is 4.90 Å². The van der Waals surface area contributed by atoms with Crippen LogP contribution in [0.25, 0.3) is 17.1 Å². The molecule has 0 N–H and O–H groups in total. The van der Waals surface area contributed by atoms with Crippen molar-refractivity contribution in [2.45, 2.75) is 26.3 Å². The van der Waals surface area contributed by atoms with Crippen molar-refractivity contribution in [3.8, 4) is 17.1 Å². The van der Waals surface area contributed by atoms with Gasteiger partial charge >= 0.3 is 0 Å². The number of methoxy groups -OCH3 is 1. The van der Waals surface area contributed by atoms with E-state index in [4.69, 9.17) is 14.3 Å². The number of benzene rings is 1. The summed E-state index contributed by atoms with van der Waals surface area (Å²) in [6.07, 6.45) is 4.36. The number of hydrogen-bond acceptors (Lipinski definition) is 4. The highest BCUT2D eigenvalue weighted by Gasteiger charge is 2.23. The third-order valence-electron chi connectivity index (χ3n) is 5.24. The van der Waals surface area contributed by atoms with Crippen molar-refractivity contribution in [2.24, 2.45) is 5.92 Å². The van der Waals surface area contributed by atoms with E-state index in [1.807, 2.05) is 31.3 Å². The van der Waals surface area contributed by atoms with Gasteiger partial charge in [-0.3, -0.25) is 4.90 Å². The number of halogens is 1. The van der Waals surface area contributed by atoms with E-state index in [9.17, 15) is 4.39 Å². The van der Waals surface area contributed by atoms with Crippen molar-refractivity contribution in [3.63, 3.8) is 0 Å². The van der Waals surface area contributed by atoms with E-state index < -0.39 is 0 Å². The Hall–Kier alpha value is -2.44. The van der Waals surface area contributed by atoms with Crippen molar-refractivity contribution >= 4 is 0 Å². The number of aryl methyl sites for hydroxylation is 1. The second-order valence-corrected chi connectivity index (χ2v) is 7.54. The van der Waals surface area contributed by atoms with Crippen LogP contribution in [-0.2, 0) is 11.3 Å². The summed E-state index contributed by atoms with van der Waals surface area (Å²) in [5.41, 5.74) is 2.59. The maximum absolute atomic E-state index is 13.7. The molecule has 2 aromatic heterocycles. The second-order valence-electron chi connectivity index (χ2n) is 7.54. The Morgan fingerprint density at radius 2 is 2.18 bits per heavy atom. The molecule has 3 heterocycles. The van der Waals surface area contributed by atoms with Gasteiger partial charge in [0.25, 0.3) is 0 Å². The Kier molecular flexibility index (Phi) is 5.59. The van der Waals surface area contributed by atoms with E-state index in [1.165, 1.54) is 25.0 Å². The van der Waals surface area contributed by atoms with Gasteiger partial charge in [-0.25, -0.2) is 9.07 Å². The maximum atomic E-state index is 13.7. The van der Waals surface area contributed by atoms with Gasteiger partial charge in [0.1, 0.15) is 17.3 Å². The molecule has 1 atom stereocenters. The first-order valence-corrected chi connectivity index (χ1v) is 9.75. The van der Waals surface area contributed by atoms with Gasteiger partial charge in [0.2, 0.25) is 0 Å². The van der Waals surface area contributed by atoms with Gasteiger partial charge in [-0.15, -0.1) is 0 Å². The molecule has 0 bridgehead atoms. The number of ether oxygens (including phenoxy) is 1. The third kappa shape index (κ3) is 4.18. The fourth-order valence-electron chi connectivity index (χ4n) is 3.95. The number of aromatic nitrogens is 2. The smallest absolute Gasteiger partial charge is 0.154 e. The molecular weight excluding hydrogens is 357 g/mol. The average molecular weight is 383 g/mol. The van der Waals surface area contributed by atoms with E-state index >= 15 is 0 Å². The summed E-state index contributed by atoms with van der Waals surface area (Å²) in [5.74, 6) is 1.88. The number of likely N-dealkylation sites (tertiary alicyclic amines) is 1. The molecule has 0 spiro atoms. The monoisotopic (exact) mass is 383 g/mol. The minimum absolute atomic E-state index is 0.275. The van der Waals surface area contributed by atoms with E-state index in [-0.39, 0.29) is 5.82 Å². The van der Waals surface area contributed by atoms with Gasteiger partial charge in [-0.1, -0.05) is 6.07 Å². The topological polar surface area (TPSA) is 43.4 Å². The normalized spacial score (nSPS) is 17.9. The average Bonchev–Trinajstić information content (AvgIpc) is 3.29. The highest BCUT2D eigenvalue weighted by molar-refractivity contribution is 5.58. The minimum atomic E-state index is -0.275. The van der Waals surface area contributed by atoms with Gasteiger partial charge in [0.05, 0.1) is 12.3 Å². The molecule has 1 saturated heterocycles. The molecule has 1 aliphatic heterocycles. The minimum Gasteiger partial charge on any atom is -0.460 e. The molecule has 0 unspecified atom stereocenters. The quantitative estimate of drug-likeness (QED) is 0.631. The number of rotatable bonds is 6. The fourth-order valence-corrected chi connectivity index (χ4v) is 3.95. The highest BCUT2D eigenvalue weighted by atomic mass is 19.1. The zero-order valence-corrected chi connectivity index (χ0v) is 16.4. The summed E-state index contributed by atoms with van der Waals surface area (Å²) in [6, 6.07) is 10.4. The molecule has 0 saturated carbocycles. The van der Waals surface area contributed by atoms with Gasteiger partial charge in [0, 0.05) is 32.0 Å². The number of nitrogens with zero attached hydrogens (tertiary/aromatic N) is 3. The Morgan fingerprint density at radius 3 is 2.93 bits per heavy atom. The van der Waals surface area contributed by atoms with Crippen molar-refractivity contribution < 1.29 is 13.5 Å². The van der Waals surface area contributed by atoms with Crippen LogP contribution in [0.2, 0.25) is 0 Å². The van der Waals surface area contributed by atoms with Gasteiger partial charge in [0.15, 0.2) is 5.76 Å². The zero-order chi connectivity index (χ0) is 19.5. The first-order chi connectivity index (χ1) is 13.6. The van der Waals surface area contributed by atoms with E-state index in [0.29, 0.717) is 11.6 Å². The van der Waals surface area contributed by atoms with Crippen molar-refractivity contribution in [1.82, 2.24) is 14.7 Å². The number of furan rings is 1. The summed E-state index contributed by atoms with van der Waals surface area (Å²) in [5, 5.41) is 4.73. The summed E-state index contributed by atoms with van der Waals surface area (Å²) in [6.45, 7) is 5.57. The Bertz CT molecular complexity index is 932. The van der Waals surface area contributed by atoms with Crippen molar-refractivity contribution in [1.29, 1.82) is 0 Å². The summed E-state index contributed by atoms with van der Waals surface area (Å²) >= 11 is 0. The molecule has 148 valence electrons. The van der Waals surface area contributed by atoms with Crippen LogP contribution in [0.15, 0.2) is 47.0 Å². The van der Waals surface area contributed by atoms with Gasteiger partial charge in [-0.05, 0) is 62.6 Å². The van der Waals surface area contributed by atoms with Crippen LogP contribution < -0.4 is 0 Å². The number of piperidine rings is 1. The molecule has 0 radical (unpaired) electrons. The SMILES string of the molecule is COC[C@@H]1CCCN(Cc2cn(-c3cccc(F)c3)nc2-c2ccc(C)o2)C1. The lowest BCUT2D eigenvalue weighted by Crippen LogP contribution is -2.36.